The van der Waals surface area contributed by atoms with Crippen molar-refractivity contribution >= 4 is 5.95 Å². The lowest BCUT2D eigenvalue weighted by Crippen LogP contribution is -2.21. The molecule has 4 heterocycles. The topological polar surface area (TPSA) is 85.8 Å². The van der Waals surface area contributed by atoms with Gasteiger partial charge in [-0.3, -0.25) is 9.88 Å². The third kappa shape index (κ3) is 4.85. The Morgan fingerprint density at radius 2 is 1.80 bits per heavy atom. The molecule has 0 bridgehead atoms. The molecule has 1 fully saturated rings. The van der Waals surface area contributed by atoms with E-state index in [-0.39, 0.29) is 17.8 Å². The largest absolute Gasteiger partial charge is 0.433 e. The van der Waals surface area contributed by atoms with Crippen molar-refractivity contribution in [3.63, 3.8) is 0 Å². The van der Waals surface area contributed by atoms with Gasteiger partial charge in [0.15, 0.2) is 0 Å². The molecule has 0 amide bonds. The van der Waals surface area contributed by atoms with Crippen molar-refractivity contribution in [1.29, 1.82) is 0 Å². The molecule has 0 spiro atoms. The second-order valence-corrected chi connectivity index (χ2v) is 8.38. The zero-order valence-corrected chi connectivity index (χ0v) is 18.5. The van der Waals surface area contributed by atoms with Crippen molar-refractivity contribution < 1.29 is 17.6 Å². The fourth-order valence-electron chi connectivity index (χ4n) is 4.34. The normalized spacial score (nSPS) is 16.6. The van der Waals surface area contributed by atoms with Crippen molar-refractivity contribution in [2.45, 2.75) is 25.2 Å². The Morgan fingerprint density at radius 3 is 2.49 bits per heavy atom. The van der Waals surface area contributed by atoms with E-state index in [1.807, 2.05) is 4.57 Å². The maximum Gasteiger partial charge on any atom is 0.433 e. The van der Waals surface area contributed by atoms with E-state index in [9.17, 15) is 17.6 Å². The van der Waals surface area contributed by atoms with Gasteiger partial charge in [0.25, 0.3) is 0 Å². The predicted octanol–water partition coefficient (Wildman–Crippen LogP) is 4.59. The van der Waals surface area contributed by atoms with Gasteiger partial charge in [0, 0.05) is 43.6 Å². The predicted molar refractivity (Wildman–Crippen MR) is 121 cm³/mol. The lowest BCUT2D eigenvalue weighted by Gasteiger charge is -2.19. The van der Waals surface area contributed by atoms with Crippen LogP contribution in [0, 0.1) is 5.82 Å². The van der Waals surface area contributed by atoms with Gasteiger partial charge >= 0.3 is 6.18 Å². The number of hydrogen-bond donors (Lipinski definition) is 1. The average molecular weight is 483 g/mol. The third-order valence-corrected chi connectivity index (χ3v) is 5.99. The van der Waals surface area contributed by atoms with E-state index >= 15 is 0 Å². The Kier molecular flexibility index (Phi) is 5.93. The van der Waals surface area contributed by atoms with E-state index in [1.165, 1.54) is 24.4 Å². The molecule has 5 rings (SSSR count). The molecule has 1 saturated heterocycles. The van der Waals surface area contributed by atoms with Crippen LogP contribution in [0.1, 0.15) is 23.7 Å². The highest BCUT2D eigenvalue weighted by molar-refractivity contribution is 5.77. The Morgan fingerprint density at radius 1 is 1.00 bits per heavy atom. The van der Waals surface area contributed by atoms with E-state index in [0.717, 1.165) is 30.3 Å². The summed E-state index contributed by atoms with van der Waals surface area (Å²) in [4.78, 5) is 18.7. The highest BCUT2D eigenvalue weighted by atomic mass is 19.4. The van der Waals surface area contributed by atoms with Gasteiger partial charge in [0.2, 0.25) is 5.95 Å². The summed E-state index contributed by atoms with van der Waals surface area (Å²) >= 11 is 0. The van der Waals surface area contributed by atoms with Crippen molar-refractivity contribution in [2.24, 2.45) is 0 Å². The van der Waals surface area contributed by atoms with Crippen LogP contribution >= 0.6 is 0 Å². The molecule has 7 nitrogen and oxygen atoms in total. The van der Waals surface area contributed by atoms with Gasteiger partial charge in [-0.15, -0.1) is 0 Å². The lowest BCUT2D eigenvalue weighted by atomic mass is 10.1. The van der Waals surface area contributed by atoms with Crippen molar-refractivity contribution in [2.75, 3.05) is 18.8 Å². The zero-order valence-electron chi connectivity index (χ0n) is 18.5. The Hall–Kier alpha value is -3.86. The summed E-state index contributed by atoms with van der Waals surface area (Å²) in [5.74, 6) is -0.214. The first-order chi connectivity index (χ1) is 16.8. The SMILES string of the molecule is Nc1nccc(-c2c(-c3ccc(F)cc3)ncn2C2CCN(Cc3ccc(C(F)(F)F)nc3)C2)n1. The number of anilines is 1. The lowest BCUT2D eigenvalue weighted by molar-refractivity contribution is -0.141. The minimum Gasteiger partial charge on any atom is -0.368 e. The number of nitrogen functional groups attached to an aromatic ring is 1. The van der Waals surface area contributed by atoms with Crippen LogP contribution in [0.5, 0.6) is 0 Å². The number of rotatable bonds is 5. The fourth-order valence-corrected chi connectivity index (χ4v) is 4.34. The van der Waals surface area contributed by atoms with E-state index in [1.54, 1.807) is 30.7 Å². The van der Waals surface area contributed by atoms with Gasteiger partial charge in [0.1, 0.15) is 11.5 Å². The number of benzene rings is 1. The summed E-state index contributed by atoms with van der Waals surface area (Å²) in [6.45, 7) is 1.89. The minimum atomic E-state index is -4.46. The summed E-state index contributed by atoms with van der Waals surface area (Å²) < 4.78 is 53.9. The van der Waals surface area contributed by atoms with Crippen LogP contribution in [0.3, 0.4) is 0 Å². The van der Waals surface area contributed by atoms with E-state index in [2.05, 4.69) is 24.8 Å². The molecule has 3 aromatic heterocycles. The summed E-state index contributed by atoms with van der Waals surface area (Å²) in [5, 5.41) is 0. The number of aromatic nitrogens is 5. The molecule has 1 aliphatic heterocycles. The minimum absolute atomic E-state index is 0.0466. The molecule has 0 saturated carbocycles. The number of halogens is 4. The number of pyridine rings is 1. The van der Waals surface area contributed by atoms with Crippen LogP contribution in [0.4, 0.5) is 23.5 Å². The summed E-state index contributed by atoms with van der Waals surface area (Å²) in [7, 11) is 0. The molecular weight excluding hydrogens is 462 g/mol. The molecule has 2 N–H and O–H groups in total. The molecule has 1 unspecified atom stereocenters. The van der Waals surface area contributed by atoms with E-state index in [4.69, 9.17) is 5.73 Å². The fraction of sp³-hybridized carbons (Fsp3) is 0.250. The average Bonchev–Trinajstić information content (AvgIpc) is 3.46. The quantitative estimate of drug-likeness (QED) is 0.418. The molecular formula is C24H21F4N7. The van der Waals surface area contributed by atoms with E-state index < -0.39 is 11.9 Å². The summed E-state index contributed by atoms with van der Waals surface area (Å²) in [5.41, 5.74) is 8.37. The highest BCUT2D eigenvalue weighted by Crippen LogP contribution is 2.35. The zero-order chi connectivity index (χ0) is 24.6. The Balaban J connectivity index is 1.41. The van der Waals surface area contributed by atoms with E-state index in [0.29, 0.717) is 30.0 Å². The standard InChI is InChI=1S/C24H21F4N7/c25-17-4-2-16(3-5-17)21-22(19-7-9-30-23(29)33-19)35(14-32-21)18-8-10-34(13-18)12-15-1-6-20(31-11-15)24(26,27)28/h1-7,9,11,14,18H,8,10,12-13H2,(H2,29,30,33). The van der Waals surface area contributed by atoms with Gasteiger partial charge in [-0.25, -0.2) is 19.3 Å². The van der Waals surface area contributed by atoms with Crippen molar-refractivity contribution in [3.05, 3.63) is 78.3 Å². The number of nitrogens with zero attached hydrogens (tertiary/aromatic N) is 6. The first kappa shape index (κ1) is 22.9. The highest BCUT2D eigenvalue weighted by Gasteiger charge is 2.32. The van der Waals surface area contributed by atoms with Crippen LogP contribution in [-0.4, -0.2) is 42.5 Å². The molecule has 4 aromatic rings. The van der Waals surface area contributed by atoms with Crippen molar-refractivity contribution in [1.82, 2.24) is 29.4 Å². The van der Waals surface area contributed by atoms with Gasteiger partial charge in [-0.2, -0.15) is 13.2 Å². The molecule has 1 atom stereocenters. The van der Waals surface area contributed by atoms with Crippen LogP contribution in [0.15, 0.2) is 61.2 Å². The van der Waals surface area contributed by atoms with Gasteiger partial charge in [0.05, 0.1) is 23.4 Å². The Bertz CT molecular complexity index is 1320. The van der Waals surface area contributed by atoms with Gasteiger partial charge in [-0.1, -0.05) is 6.07 Å². The maximum atomic E-state index is 13.5. The number of imidazole rings is 1. The molecule has 0 radical (unpaired) electrons. The van der Waals surface area contributed by atoms with Crippen LogP contribution < -0.4 is 5.73 Å². The Labute approximate surface area is 198 Å². The van der Waals surface area contributed by atoms with Crippen LogP contribution in [0.25, 0.3) is 22.6 Å². The second-order valence-electron chi connectivity index (χ2n) is 8.38. The molecule has 1 aliphatic rings. The number of likely N-dealkylation sites (tertiary alicyclic amines) is 1. The number of nitrogens with two attached hydrogens (primary N) is 1. The molecule has 11 heteroatoms. The number of alkyl halides is 3. The third-order valence-electron chi connectivity index (χ3n) is 5.99. The van der Waals surface area contributed by atoms with Crippen LogP contribution in [-0.2, 0) is 12.7 Å². The maximum absolute atomic E-state index is 13.5. The first-order valence-corrected chi connectivity index (χ1v) is 10.9. The summed E-state index contributed by atoms with van der Waals surface area (Å²) in [6, 6.07) is 10.3. The molecule has 0 aliphatic carbocycles. The smallest absolute Gasteiger partial charge is 0.368 e. The summed E-state index contributed by atoms with van der Waals surface area (Å²) in [6.07, 6.45) is 0.930. The molecule has 1 aromatic carbocycles. The van der Waals surface area contributed by atoms with Crippen molar-refractivity contribution in [3.8, 4) is 22.6 Å². The number of hydrogen-bond acceptors (Lipinski definition) is 6. The second kappa shape index (κ2) is 9.06. The monoisotopic (exact) mass is 483 g/mol. The van der Waals surface area contributed by atoms with Gasteiger partial charge < -0.3 is 10.3 Å². The molecule has 180 valence electrons. The van der Waals surface area contributed by atoms with Gasteiger partial charge in [-0.05, 0) is 48.4 Å². The first-order valence-electron chi connectivity index (χ1n) is 10.9. The molecule has 35 heavy (non-hydrogen) atoms. The van der Waals surface area contributed by atoms with Crippen LogP contribution in [0.2, 0.25) is 0 Å².